The lowest BCUT2D eigenvalue weighted by molar-refractivity contribution is 0.100. The molecule has 0 aliphatic carbocycles. The fraction of sp³-hybridized carbons (Fsp3) is 0.133. The van der Waals surface area contributed by atoms with Gasteiger partial charge in [-0.2, -0.15) is 0 Å². The average molecular weight is 256 g/mol. The van der Waals surface area contributed by atoms with Crippen molar-refractivity contribution in [2.75, 3.05) is 5.73 Å². The molecular formula is C15H16N2O2. The average Bonchev–Trinajstić information content (AvgIpc) is 2.35. The Balaban J connectivity index is 2.36. The number of carbonyl (C=O) groups excluding carboxylic acids is 1. The fourth-order valence-electron chi connectivity index (χ4n) is 1.86. The van der Waals surface area contributed by atoms with Crippen LogP contribution in [-0.4, -0.2) is 5.91 Å². The highest BCUT2D eigenvalue weighted by Crippen LogP contribution is 2.32. The van der Waals surface area contributed by atoms with Gasteiger partial charge in [-0.05, 0) is 43.2 Å². The number of primary amides is 1. The van der Waals surface area contributed by atoms with E-state index in [0.29, 0.717) is 17.0 Å². The molecule has 0 saturated heterocycles. The van der Waals surface area contributed by atoms with Crippen molar-refractivity contribution in [1.82, 2.24) is 0 Å². The van der Waals surface area contributed by atoms with Gasteiger partial charge in [0.1, 0.15) is 11.5 Å². The van der Waals surface area contributed by atoms with Crippen LogP contribution in [0, 0.1) is 13.8 Å². The molecule has 0 aliphatic heterocycles. The zero-order valence-electron chi connectivity index (χ0n) is 10.9. The second-order valence-electron chi connectivity index (χ2n) is 4.44. The molecule has 0 radical (unpaired) electrons. The third-order valence-electron chi connectivity index (χ3n) is 2.92. The Morgan fingerprint density at radius 3 is 2.26 bits per heavy atom. The van der Waals surface area contributed by atoms with Crippen LogP contribution in [0.4, 0.5) is 5.69 Å². The summed E-state index contributed by atoms with van der Waals surface area (Å²) in [7, 11) is 0. The zero-order chi connectivity index (χ0) is 14.0. The maximum Gasteiger partial charge on any atom is 0.248 e. The number of nitrogens with two attached hydrogens (primary N) is 2. The Kier molecular flexibility index (Phi) is 3.42. The van der Waals surface area contributed by atoms with Crippen LogP contribution in [0.25, 0.3) is 0 Å². The number of amides is 1. The maximum atomic E-state index is 11.1. The molecule has 98 valence electrons. The van der Waals surface area contributed by atoms with Crippen molar-refractivity contribution in [2.24, 2.45) is 5.73 Å². The summed E-state index contributed by atoms with van der Waals surface area (Å²) in [5.41, 5.74) is 13.9. The molecule has 4 heteroatoms. The van der Waals surface area contributed by atoms with Gasteiger partial charge in [-0.3, -0.25) is 4.79 Å². The van der Waals surface area contributed by atoms with Gasteiger partial charge >= 0.3 is 0 Å². The number of hydrogen-bond acceptors (Lipinski definition) is 3. The Bertz CT molecular complexity index is 616. The predicted molar refractivity (Wildman–Crippen MR) is 75.4 cm³/mol. The molecule has 2 aromatic rings. The Hall–Kier alpha value is -2.49. The van der Waals surface area contributed by atoms with Crippen molar-refractivity contribution in [1.29, 1.82) is 0 Å². The van der Waals surface area contributed by atoms with Crippen LogP contribution in [0.5, 0.6) is 11.5 Å². The summed E-state index contributed by atoms with van der Waals surface area (Å²) in [6, 6.07) is 10.7. The summed E-state index contributed by atoms with van der Waals surface area (Å²) >= 11 is 0. The number of benzene rings is 2. The molecule has 4 N–H and O–H groups in total. The van der Waals surface area contributed by atoms with Gasteiger partial charge in [-0.15, -0.1) is 0 Å². The minimum Gasteiger partial charge on any atom is -0.455 e. The van der Waals surface area contributed by atoms with Gasteiger partial charge in [0.2, 0.25) is 5.91 Å². The van der Waals surface area contributed by atoms with Gasteiger partial charge < -0.3 is 16.2 Å². The first-order valence-corrected chi connectivity index (χ1v) is 5.92. The number of para-hydroxylation sites is 1. The quantitative estimate of drug-likeness (QED) is 0.829. The van der Waals surface area contributed by atoms with E-state index in [1.54, 1.807) is 12.1 Å². The topological polar surface area (TPSA) is 78.3 Å². The SMILES string of the molecule is Cc1cccc(C)c1Oc1ccc(C(N)=O)cc1N. The van der Waals surface area contributed by atoms with Gasteiger partial charge in [0.25, 0.3) is 0 Å². The standard InChI is InChI=1S/C15H16N2O2/c1-9-4-3-5-10(2)14(9)19-13-7-6-11(15(17)18)8-12(13)16/h3-8H,16H2,1-2H3,(H2,17,18). The summed E-state index contributed by atoms with van der Waals surface area (Å²) in [5.74, 6) is 0.786. The number of hydrogen-bond donors (Lipinski definition) is 2. The van der Waals surface area contributed by atoms with E-state index < -0.39 is 5.91 Å². The lowest BCUT2D eigenvalue weighted by Crippen LogP contribution is -2.11. The highest BCUT2D eigenvalue weighted by Gasteiger charge is 2.09. The van der Waals surface area contributed by atoms with Crippen molar-refractivity contribution in [3.8, 4) is 11.5 Å². The van der Waals surface area contributed by atoms with Crippen LogP contribution in [0.3, 0.4) is 0 Å². The first-order chi connectivity index (χ1) is 8.99. The highest BCUT2D eigenvalue weighted by molar-refractivity contribution is 5.94. The van der Waals surface area contributed by atoms with E-state index in [1.165, 1.54) is 6.07 Å². The van der Waals surface area contributed by atoms with Crippen LogP contribution >= 0.6 is 0 Å². The van der Waals surface area contributed by atoms with Gasteiger partial charge in [0, 0.05) is 5.56 Å². The minimum atomic E-state index is -0.509. The van der Waals surface area contributed by atoms with E-state index in [2.05, 4.69) is 0 Å². The number of aryl methyl sites for hydroxylation is 2. The molecular weight excluding hydrogens is 240 g/mol. The third kappa shape index (κ3) is 2.68. The van der Waals surface area contributed by atoms with Crippen LogP contribution in [0.2, 0.25) is 0 Å². The van der Waals surface area contributed by atoms with Crippen molar-refractivity contribution < 1.29 is 9.53 Å². The van der Waals surface area contributed by atoms with Crippen molar-refractivity contribution in [3.05, 3.63) is 53.1 Å². The second-order valence-corrected chi connectivity index (χ2v) is 4.44. The summed E-state index contributed by atoms with van der Waals surface area (Å²) in [6.45, 7) is 3.94. The lowest BCUT2D eigenvalue weighted by atomic mass is 10.1. The molecule has 0 aromatic heterocycles. The zero-order valence-corrected chi connectivity index (χ0v) is 10.9. The van der Waals surface area contributed by atoms with Crippen LogP contribution in [-0.2, 0) is 0 Å². The molecule has 0 unspecified atom stereocenters. The number of rotatable bonds is 3. The molecule has 19 heavy (non-hydrogen) atoms. The molecule has 0 aliphatic rings. The van der Waals surface area contributed by atoms with Gasteiger partial charge in [0.05, 0.1) is 5.69 Å². The molecule has 0 bridgehead atoms. The first kappa shape index (κ1) is 13.0. The number of anilines is 1. The number of nitrogen functional groups attached to an aromatic ring is 1. The Morgan fingerprint density at radius 2 is 1.74 bits per heavy atom. The second kappa shape index (κ2) is 5.02. The largest absolute Gasteiger partial charge is 0.455 e. The summed E-state index contributed by atoms with van der Waals surface area (Å²) < 4.78 is 5.83. The Morgan fingerprint density at radius 1 is 1.11 bits per heavy atom. The fourth-order valence-corrected chi connectivity index (χ4v) is 1.86. The molecule has 1 amide bonds. The van der Waals surface area contributed by atoms with Crippen LogP contribution < -0.4 is 16.2 Å². The molecule has 2 aromatic carbocycles. The van der Waals surface area contributed by atoms with E-state index in [9.17, 15) is 4.79 Å². The molecule has 0 spiro atoms. The summed E-state index contributed by atoms with van der Waals surface area (Å²) in [6.07, 6.45) is 0. The number of carbonyl (C=O) groups is 1. The van der Waals surface area contributed by atoms with Crippen molar-refractivity contribution in [3.63, 3.8) is 0 Å². The van der Waals surface area contributed by atoms with Gasteiger partial charge in [0.15, 0.2) is 0 Å². The summed E-state index contributed by atoms with van der Waals surface area (Å²) in [5, 5.41) is 0. The smallest absolute Gasteiger partial charge is 0.248 e. The summed E-state index contributed by atoms with van der Waals surface area (Å²) in [4.78, 5) is 11.1. The van der Waals surface area contributed by atoms with Crippen LogP contribution in [0.15, 0.2) is 36.4 Å². The molecule has 0 atom stereocenters. The molecule has 0 fully saturated rings. The van der Waals surface area contributed by atoms with E-state index >= 15 is 0 Å². The lowest BCUT2D eigenvalue weighted by Gasteiger charge is -2.13. The molecule has 0 heterocycles. The van der Waals surface area contributed by atoms with Crippen LogP contribution in [0.1, 0.15) is 21.5 Å². The molecule has 0 saturated carbocycles. The highest BCUT2D eigenvalue weighted by atomic mass is 16.5. The first-order valence-electron chi connectivity index (χ1n) is 5.92. The molecule has 4 nitrogen and oxygen atoms in total. The van der Waals surface area contributed by atoms with E-state index in [4.69, 9.17) is 16.2 Å². The molecule has 2 rings (SSSR count). The third-order valence-corrected chi connectivity index (χ3v) is 2.92. The van der Waals surface area contributed by atoms with E-state index in [0.717, 1.165) is 16.9 Å². The van der Waals surface area contributed by atoms with E-state index in [-0.39, 0.29) is 0 Å². The Labute approximate surface area is 112 Å². The normalized spacial score (nSPS) is 10.2. The predicted octanol–water partition coefficient (Wildman–Crippen LogP) is 2.78. The van der Waals surface area contributed by atoms with E-state index in [1.807, 2.05) is 32.0 Å². The van der Waals surface area contributed by atoms with Crippen molar-refractivity contribution >= 4 is 11.6 Å². The number of ether oxygens (including phenoxy) is 1. The minimum absolute atomic E-state index is 0.367. The maximum absolute atomic E-state index is 11.1. The van der Waals surface area contributed by atoms with Crippen molar-refractivity contribution in [2.45, 2.75) is 13.8 Å². The van der Waals surface area contributed by atoms with Gasteiger partial charge in [-0.1, -0.05) is 18.2 Å². The van der Waals surface area contributed by atoms with Gasteiger partial charge in [-0.25, -0.2) is 0 Å². The monoisotopic (exact) mass is 256 g/mol.